The van der Waals surface area contributed by atoms with Gasteiger partial charge in [0.05, 0.1) is 49.3 Å². The first-order valence-corrected chi connectivity index (χ1v) is 19.1. The van der Waals surface area contributed by atoms with Gasteiger partial charge in [0.2, 0.25) is 11.8 Å². The SMILES string of the molecule is C[C@@H]1Cc2c(ccc(F)c2Cl)N1C(=O)Cc1nc(N2CCOCC2)cc(=O)[nH]1.C[C@H]1Cc2c(ccc(F)c2Cl)N1C(=O)Cc1nc(N2CCOCC2)cc(=O)[nH]1. The smallest absolute Gasteiger partial charge is 0.252 e. The van der Waals surface area contributed by atoms with Gasteiger partial charge in [-0.15, -0.1) is 0 Å². The molecule has 56 heavy (non-hydrogen) atoms. The fourth-order valence-electron chi connectivity index (χ4n) is 7.53. The van der Waals surface area contributed by atoms with Crippen molar-refractivity contribution in [1.29, 1.82) is 0 Å². The molecule has 4 aliphatic heterocycles. The van der Waals surface area contributed by atoms with Crippen molar-refractivity contribution in [3.05, 3.63) is 102 Å². The summed E-state index contributed by atoms with van der Waals surface area (Å²) in [4.78, 5) is 71.4. The maximum atomic E-state index is 13.7. The summed E-state index contributed by atoms with van der Waals surface area (Å²) in [5.74, 6) is 0.232. The molecule has 296 valence electrons. The molecule has 2 amide bonds. The van der Waals surface area contributed by atoms with Gasteiger partial charge >= 0.3 is 0 Å². The molecule has 4 aromatic rings. The monoisotopic (exact) mass is 812 g/mol. The topological polar surface area (TPSA) is 157 Å². The Kier molecular flexibility index (Phi) is 11.7. The Morgan fingerprint density at radius 2 is 1.07 bits per heavy atom. The number of carbonyl (C=O) groups is 2. The van der Waals surface area contributed by atoms with Crippen LogP contribution in [0.25, 0.3) is 0 Å². The van der Waals surface area contributed by atoms with Gasteiger partial charge in [0.25, 0.3) is 11.1 Å². The molecule has 6 heterocycles. The van der Waals surface area contributed by atoms with E-state index in [0.29, 0.717) is 111 Å². The number of nitrogens with one attached hydrogen (secondary N) is 2. The van der Waals surface area contributed by atoms with Crippen LogP contribution >= 0.6 is 23.2 Å². The standard InChI is InChI=1S/2C19H20ClFN4O3/c2*1-11-8-12-14(3-2-13(21)19(12)20)25(11)18(27)9-15-22-16(10-17(26)23-15)24-4-6-28-7-5-24/h2*2-3,10-11H,4-9H2,1H3,(H,22,23,26)/t2*11-/m10/s1. The first kappa shape index (κ1) is 39.3. The summed E-state index contributed by atoms with van der Waals surface area (Å²) in [5, 5.41) is 0.112. The van der Waals surface area contributed by atoms with E-state index >= 15 is 0 Å². The van der Waals surface area contributed by atoms with Crippen LogP contribution in [0, 0.1) is 11.6 Å². The third-order valence-corrected chi connectivity index (χ3v) is 11.0. The predicted molar refractivity (Wildman–Crippen MR) is 207 cm³/mol. The first-order valence-electron chi connectivity index (χ1n) is 18.3. The molecule has 2 fully saturated rings. The lowest BCUT2D eigenvalue weighted by atomic mass is 10.1. The van der Waals surface area contributed by atoms with Crippen molar-refractivity contribution in [2.24, 2.45) is 0 Å². The number of rotatable bonds is 6. The average Bonchev–Trinajstić information content (AvgIpc) is 3.71. The minimum atomic E-state index is -0.494. The summed E-state index contributed by atoms with van der Waals surface area (Å²) in [5.41, 5.74) is 1.86. The molecule has 4 aliphatic rings. The maximum absolute atomic E-state index is 13.7. The third kappa shape index (κ3) is 8.28. The Labute approximate surface area is 330 Å². The van der Waals surface area contributed by atoms with E-state index in [9.17, 15) is 28.0 Å². The fraction of sp³-hybridized carbons (Fsp3) is 0.421. The Bertz CT molecular complexity index is 2110. The molecule has 0 unspecified atom stereocenters. The van der Waals surface area contributed by atoms with Crippen LogP contribution in [0.5, 0.6) is 0 Å². The number of aromatic nitrogens is 4. The van der Waals surface area contributed by atoms with Crippen LogP contribution in [0.4, 0.5) is 31.8 Å². The third-order valence-electron chi connectivity index (χ3n) is 10.1. The van der Waals surface area contributed by atoms with E-state index in [1.165, 1.54) is 24.3 Å². The Morgan fingerprint density at radius 3 is 1.45 bits per heavy atom. The molecule has 2 saturated heterocycles. The molecule has 0 spiro atoms. The van der Waals surface area contributed by atoms with Gasteiger partial charge in [-0.1, -0.05) is 23.2 Å². The number of H-pyrrole nitrogens is 2. The summed E-state index contributed by atoms with van der Waals surface area (Å²) >= 11 is 12.1. The van der Waals surface area contributed by atoms with Crippen LogP contribution in [0.1, 0.15) is 36.6 Å². The summed E-state index contributed by atoms with van der Waals surface area (Å²) in [7, 11) is 0. The highest BCUT2D eigenvalue weighted by molar-refractivity contribution is 6.32. The number of anilines is 4. The Balaban J connectivity index is 0.000000172. The van der Waals surface area contributed by atoms with E-state index in [4.69, 9.17) is 32.7 Å². The summed E-state index contributed by atoms with van der Waals surface area (Å²) in [6, 6.07) is 8.20. The number of amides is 2. The van der Waals surface area contributed by atoms with Crippen molar-refractivity contribution < 1.29 is 27.8 Å². The van der Waals surface area contributed by atoms with Crippen molar-refractivity contribution in [1.82, 2.24) is 19.9 Å². The lowest BCUT2D eigenvalue weighted by Gasteiger charge is -2.28. The zero-order chi connectivity index (χ0) is 39.7. The number of nitrogens with zero attached hydrogens (tertiary/aromatic N) is 6. The molecular formula is C38H40Cl2F2N8O6. The molecule has 0 aliphatic carbocycles. The number of benzene rings is 2. The number of ether oxygens (including phenoxy) is 2. The van der Waals surface area contributed by atoms with E-state index in [-0.39, 0.29) is 57.9 Å². The van der Waals surface area contributed by atoms with Gasteiger partial charge < -0.3 is 39.0 Å². The summed E-state index contributed by atoms with van der Waals surface area (Å²) in [6.45, 7) is 8.62. The Hall–Kier alpha value is -4.90. The quantitative estimate of drug-likeness (QED) is 0.294. The van der Waals surface area contributed by atoms with Crippen LogP contribution in [0.2, 0.25) is 10.0 Å². The molecule has 0 bridgehead atoms. The molecule has 8 rings (SSSR count). The first-order chi connectivity index (χ1) is 26.9. The van der Waals surface area contributed by atoms with E-state index < -0.39 is 11.6 Å². The minimum absolute atomic E-state index is 0.0560. The normalized spacial score (nSPS) is 19.0. The summed E-state index contributed by atoms with van der Waals surface area (Å²) < 4.78 is 38.1. The highest BCUT2D eigenvalue weighted by atomic mass is 35.5. The second kappa shape index (κ2) is 16.7. The molecule has 0 radical (unpaired) electrons. The average molecular weight is 814 g/mol. The van der Waals surface area contributed by atoms with Crippen molar-refractivity contribution in [2.75, 3.05) is 72.2 Å². The molecule has 2 atom stereocenters. The zero-order valence-corrected chi connectivity index (χ0v) is 32.3. The number of aromatic amines is 2. The maximum Gasteiger partial charge on any atom is 0.252 e. The predicted octanol–water partition coefficient (Wildman–Crippen LogP) is 3.84. The molecule has 14 nitrogen and oxygen atoms in total. The summed E-state index contributed by atoms with van der Waals surface area (Å²) in [6.07, 6.45) is 0.837. The number of fused-ring (bicyclic) bond motifs is 2. The molecule has 2 N–H and O–H groups in total. The fourth-order valence-corrected chi connectivity index (χ4v) is 8.01. The van der Waals surface area contributed by atoms with Gasteiger partial charge in [0.1, 0.15) is 34.9 Å². The van der Waals surface area contributed by atoms with Crippen molar-refractivity contribution in [3.63, 3.8) is 0 Å². The number of carbonyl (C=O) groups excluding carboxylic acids is 2. The van der Waals surface area contributed by atoms with E-state index in [1.807, 2.05) is 23.6 Å². The van der Waals surface area contributed by atoms with Gasteiger partial charge in [0.15, 0.2) is 0 Å². The van der Waals surface area contributed by atoms with Crippen LogP contribution in [0.3, 0.4) is 0 Å². The molecule has 2 aromatic heterocycles. The van der Waals surface area contributed by atoms with Crippen molar-refractivity contribution >= 4 is 58.0 Å². The largest absolute Gasteiger partial charge is 0.378 e. The molecular weight excluding hydrogens is 773 g/mol. The van der Waals surface area contributed by atoms with Gasteiger partial charge in [0, 0.05) is 61.8 Å². The van der Waals surface area contributed by atoms with Gasteiger partial charge in [-0.2, -0.15) is 0 Å². The highest BCUT2D eigenvalue weighted by Gasteiger charge is 2.35. The van der Waals surface area contributed by atoms with Gasteiger partial charge in [-0.3, -0.25) is 19.2 Å². The van der Waals surface area contributed by atoms with Crippen LogP contribution in [0.15, 0.2) is 46.0 Å². The lowest BCUT2D eigenvalue weighted by molar-refractivity contribution is -0.119. The number of halogens is 4. The van der Waals surface area contributed by atoms with Crippen LogP contribution in [-0.4, -0.2) is 96.4 Å². The van der Waals surface area contributed by atoms with E-state index in [2.05, 4.69) is 19.9 Å². The highest BCUT2D eigenvalue weighted by Crippen LogP contribution is 2.39. The molecule has 18 heteroatoms. The van der Waals surface area contributed by atoms with Crippen molar-refractivity contribution in [3.8, 4) is 0 Å². The Morgan fingerprint density at radius 1 is 0.696 bits per heavy atom. The molecule has 2 aromatic carbocycles. The van der Waals surface area contributed by atoms with Gasteiger partial charge in [-0.05, 0) is 62.1 Å². The van der Waals surface area contributed by atoms with E-state index in [0.717, 1.165) is 0 Å². The second-order valence-corrected chi connectivity index (χ2v) is 14.8. The van der Waals surface area contributed by atoms with Gasteiger partial charge in [-0.25, -0.2) is 18.7 Å². The molecule has 0 saturated carbocycles. The number of hydrogen-bond acceptors (Lipinski definition) is 10. The van der Waals surface area contributed by atoms with Crippen LogP contribution in [-0.2, 0) is 44.7 Å². The minimum Gasteiger partial charge on any atom is -0.378 e. The number of morpholine rings is 2. The van der Waals surface area contributed by atoms with Crippen molar-refractivity contribution in [2.45, 2.75) is 51.6 Å². The van der Waals surface area contributed by atoms with Crippen LogP contribution < -0.4 is 30.7 Å². The van der Waals surface area contributed by atoms with E-state index in [1.54, 1.807) is 21.9 Å². The second-order valence-electron chi connectivity index (χ2n) is 14.0. The number of hydrogen-bond donors (Lipinski definition) is 2. The lowest BCUT2D eigenvalue weighted by Crippen LogP contribution is -2.39. The zero-order valence-electron chi connectivity index (χ0n) is 30.7.